The second-order valence-corrected chi connectivity index (χ2v) is 5.49. The summed E-state index contributed by atoms with van der Waals surface area (Å²) >= 11 is 6.04. The maximum atomic E-state index is 6.35. The number of rotatable bonds is 2. The number of benzene rings is 1. The van der Waals surface area contributed by atoms with Crippen molar-refractivity contribution in [3.05, 3.63) is 52.0 Å². The van der Waals surface area contributed by atoms with E-state index in [1.54, 1.807) is 4.68 Å². The van der Waals surface area contributed by atoms with E-state index in [4.69, 9.17) is 21.8 Å². The molecule has 104 valence electrons. The Labute approximate surface area is 122 Å². The normalized spacial score (nSPS) is 13.1. The lowest BCUT2D eigenvalue weighted by Gasteiger charge is -2.08. The van der Waals surface area contributed by atoms with Crippen molar-refractivity contribution in [2.24, 2.45) is 12.8 Å². The maximum absolute atomic E-state index is 6.35. The second-order valence-electron chi connectivity index (χ2n) is 5.05. The van der Waals surface area contributed by atoms with Gasteiger partial charge in [0.25, 0.3) is 0 Å². The molecule has 0 bridgehead atoms. The quantitative estimate of drug-likeness (QED) is 0.786. The molecule has 0 fully saturated rings. The molecular weight excluding hydrogens is 274 g/mol. The highest BCUT2D eigenvalue weighted by atomic mass is 35.5. The predicted octanol–water partition coefficient (Wildman–Crippen LogP) is 3.48. The molecule has 0 saturated heterocycles. The van der Waals surface area contributed by atoms with Crippen LogP contribution in [0.4, 0.5) is 0 Å². The Kier molecular flexibility index (Phi) is 3.07. The lowest BCUT2D eigenvalue weighted by Crippen LogP contribution is -2.12. The molecule has 20 heavy (non-hydrogen) atoms. The van der Waals surface area contributed by atoms with Gasteiger partial charge in [-0.05, 0) is 32.0 Å². The zero-order valence-electron chi connectivity index (χ0n) is 11.6. The van der Waals surface area contributed by atoms with Gasteiger partial charge in [0.1, 0.15) is 11.3 Å². The highest BCUT2D eigenvalue weighted by Crippen LogP contribution is 2.33. The first-order chi connectivity index (χ1) is 9.47. The molecule has 0 spiro atoms. The molecule has 1 atom stereocenters. The first-order valence-electron chi connectivity index (χ1n) is 6.41. The third kappa shape index (κ3) is 2.01. The van der Waals surface area contributed by atoms with Crippen LogP contribution in [-0.4, -0.2) is 9.78 Å². The molecule has 1 aromatic carbocycles. The van der Waals surface area contributed by atoms with Gasteiger partial charge < -0.3 is 10.2 Å². The number of aromatic nitrogens is 2. The van der Waals surface area contributed by atoms with Crippen molar-refractivity contribution < 1.29 is 4.42 Å². The number of hydrogen-bond acceptors (Lipinski definition) is 3. The summed E-state index contributed by atoms with van der Waals surface area (Å²) < 4.78 is 7.68. The van der Waals surface area contributed by atoms with Gasteiger partial charge in [-0.2, -0.15) is 5.10 Å². The molecule has 2 heterocycles. The van der Waals surface area contributed by atoms with Crippen molar-refractivity contribution in [3.8, 4) is 0 Å². The molecule has 0 radical (unpaired) electrons. The SMILES string of the molecule is Cc1nn(C)cc1C(N)c1oc2ccc(Cl)cc2c1C. The van der Waals surface area contributed by atoms with E-state index < -0.39 is 0 Å². The summed E-state index contributed by atoms with van der Waals surface area (Å²) in [5, 5.41) is 6.03. The van der Waals surface area contributed by atoms with Crippen LogP contribution in [0.15, 0.2) is 28.8 Å². The molecule has 2 aromatic heterocycles. The first kappa shape index (κ1) is 13.2. The van der Waals surface area contributed by atoms with Crippen LogP contribution in [0.3, 0.4) is 0 Å². The van der Waals surface area contributed by atoms with Crippen LogP contribution in [-0.2, 0) is 7.05 Å². The fourth-order valence-corrected chi connectivity index (χ4v) is 2.75. The molecule has 0 aliphatic rings. The Morgan fingerprint density at radius 1 is 1.35 bits per heavy atom. The van der Waals surface area contributed by atoms with Gasteiger partial charge in [0.2, 0.25) is 0 Å². The Hall–Kier alpha value is -1.78. The highest BCUT2D eigenvalue weighted by molar-refractivity contribution is 6.31. The number of hydrogen-bond donors (Lipinski definition) is 1. The Bertz CT molecular complexity index is 788. The van der Waals surface area contributed by atoms with Crippen molar-refractivity contribution in [3.63, 3.8) is 0 Å². The lowest BCUT2D eigenvalue weighted by atomic mass is 10.0. The lowest BCUT2D eigenvalue weighted by molar-refractivity contribution is 0.520. The topological polar surface area (TPSA) is 57.0 Å². The van der Waals surface area contributed by atoms with Crippen LogP contribution in [0.1, 0.15) is 28.6 Å². The van der Waals surface area contributed by atoms with Crippen molar-refractivity contribution in [1.82, 2.24) is 9.78 Å². The van der Waals surface area contributed by atoms with Crippen LogP contribution >= 0.6 is 11.6 Å². The molecule has 0 aliphatic carbocycles. The third-order valence-corrected chi connectivity index (χ3v) is 3.84. The molecule has 0 amide bonds. The van der Waals surface area contributed by atoms with Crippen LogP contribution in [0.5, 0.6) is 0 Å². The second kappa shape index (κ2) is 4.65. The van der Waals surface area contributed by atoms with E-state index in [9.17, 15) is 0 Å². The van der Waals surface area contributed by atoms with Gasteiger partial charge >= 0.3 is 0 Å². The highest BCUT2D eigenvalue weighted by Gasteiger charge is 2.21. The van der Waals surface area contributed by atoms with Gasteiger partial charge in [-0.1, -0.05) is 11.6 Å². The van der Waals surface area contributed by atoms with E-state index in [0.717, 1.165) is 33.6 Å². The minimum atomic E-state index is -0.324. The third-order valence-electron chi connectivity index (χ3n) is 3.60. The Morgan fingerprint density at radius 3 is 2.75 bits per heavy atom. The van der Waals surface area contributed by atoms with Gasteiger partial charge in [0, 0.05) is 34.8 Å². The van der Waals surface area contributed by atoms with E-state index >= 15 is 0 Å². The van der Waals surface area contributed by atoms with Crippen molar-refractivity contribution in [1.29, 1.82) is 0 Å². The first-order valence-corrected chi connectivity index (χ1v) is 6.79. The van der Waals surface area contributed by atoms with Crippen molar-refractivity contribution in [2.75, 3.05) is 0 Å². The van der Waals surface area contributed by atoms with Gasteiger partial charge in [-0.3, -0.25) is 4.68 Å². The van der Waals surface area contributed by atoms with Gasteiger partial charge in [0.15, 0.2) is 0 Å². The zero-order valence-corrected chi connectivity index (χ0v) is 12.4. The monoisotopic (exact) mass is 289 g/mol. The van der Waals surface area contributed by atoms with Crippen LogP contribution < -0.4 is 5.73 Å². The summed E-state index contributed by atoms with van der Waals surface area (Å²) in [6.07, 6.45) is 1.93. The van der Waals surface area contributed by atoms with E-state index in [-0.39, 0.29) is 6.04 Å². The van der Waals surface area contributed by atoms with Crippen molar-refractivity contribution >= 4 is 22.6 Å². The zero-order chi connectivity index (χ0) is 14.4. The molecule has 5 heteroatoms. The van der Waals surface area contributed by atoms with E-state index in [1.807, 2.05) is 45.3 Å². The summed E-state index contributed by atoms with van der Waals surface area (Å²) in [5.74, 6) is 0.762. The molecule has 3 rings (SSSR count). The summed E-state index contributed by atoms with van der Waals surface area (Å²) in [6, 6.07) is 5.27. The van der Waals surface area contributed by atoms with Crippen LogP contribution in [0.25, 0.3) is 11.0 Å². The minimum Gasteiger partial charge on any atom is -0.459 e. The molecule has 0 aliphatic heterocycles. The van der Waals surface area contributed by atoms with Gasteiger partial charge in [-0.25, -0.2) is 0 Å². The van der Waals surface area contributed by atoms with Crippen LogP contribution in [0.2, 0.25) is 5.02 Å². The molecule has 1 unspecified atom stereocenters. The predicted molar refractivity (Wildman–Crippen MR) is 79.9 cm³/mol. The molecule has 0 saturated carbocycles. The number of aryl methyl sites for hydroxylation is 3. The smallest absolute Gasteiger partial charge is 0.134 e. The minimum absolute atomic E-state index is 0.324. The number of nitrogens with two attached hydrogens (primary N) is 1. The summed E-state index contributed by atoms with van der Waals surface area (Å²) in [4.78, 5) is 0. The number of halogens is 1. The van der Waals surface area contributed by atoms with E-state index in [2.05, 4.69) is 5.10 Å². The molecule has 4 nitrogen and oxygen atoms in total. The summed E-state index contributed by atoms with van der Waals surface area (Å²) in [6.45, 7) is 3.95. The fraction of sp³-hybridized carbons (Fsp3) is 0.267. The van der Waals surface area contributed by atoms with Crippen molar-refractivity contribution in [2.45, 2.75) is 19.9 Å². The molecule has 3 aromatic rings. The summed E-state index contributed by atoms with van der Waals surface area (Å²) in [5.41, 5.74) is 10.1. The number of nitrogens with zero attached hydrogens (tertiary/aromatic N) is 2. The summed E-state index contributed by atoms with van der Waals surface area (Å²) in [7, 11) is 1.88. The van der Waals surface area contributed by atoms with E-state index in [1.165, 1.54) is 0 Å². The Morgan fingerprint density at radius 2 is 2.10 bits per heavy atom. The maximum Gasteiger partial charge on any atom is 0.134 e. The average Bonchev–Trinajstić information content (AvgIpc) is 2.90. The van der Waals surface area contributed by atoms with E-state index in [0.29, 0.717) is 5.02 Å². The van der Waals surface area contributed by atoms with Gasteiger partial charge in [0.05, 0.1) is 11.7 Å². The molecular formula is C15H16ClN3O. The van der Waals surface area contributed by atoms with Gasteiger partial charge in [-0.15, -0.1) is 0 Å². The molecule has 2 N–H and O–H groups in total. The average molecular weight is 290 g/mol. The standard InChI is InChI=1S/C15H16ClN3O/c1-8-11-6-10(16)4-5-13(11)20-15(8)14(17)12-7-19(3)18-9(12)2/h4-7,14H,17H2,1-3H3. The number of furan rings is 1. The Balaban J connectivity index is 2.14. The largest absolute Gasteiger partial charge is 0.459 e. The van der Waals surface area contributed by atoms with Crippen LogP contribution in [0, 0.1) is 13.8 Å². The number of fused-ring (bicyclic) bond motifs is 1. The fourth-order valence-electron chi connectivity index (χ4n) is 2.57.